The fraction of sp³-hybridized carbons (Fsp3) is 0.273. The molecule has 3 rings (SSSR count). The molecule has 0 fully saturated rings. The lowest BCUT2D eigenvalue weighted by molar-refractivity contribution is 0.0526. The second kappa shape index (κ2) is 11.5. The van der Waals surface area contributed by atoms with Crippen LogP contribution in [0.4, 0.5) is 4.39 Å². The number of aromatic amines is 1. The van der Waals surface area contributed by atoms with Gasteiger partial charge in [-0.05, 0) is 54.8 Å². The van der Waals surface area contributed by atoms with Crippen LogP contribution in [0.15, 0.2) is 53.7 Å². The number of carbonyl (C=O) groups excluding carboxylic acids is 1. The van der Waals surface area contributed by atoms with E-state index in [4.69, 9.17) is 4.74 Å². The molecule has 8 heteroatoms. The van der Waals surface area contributed by atoms with Gasteiger partial charge in [0.05, 0.1) is 12.2 Å². The molecule has 30 heavy (non-hydrogen) atoms. The molecule has 160 valence electrons. The number of nitrogens with zero attached hydrogens (tertiary/aromatic N) is 1. The highest BCUT2D eigenvalue weighted by Gasteiger charge is 2.07. The maximum atomic E-state index is 13.5. The van der Waals surface area contributed by atoms with E-state index in [1.807, 2.05) is 18.3 Å². The molecule has 3 N–H and O–H groups in total. The molecule has 2 aromatic carbocycles. The van der Waals surface area contributed by atoms with Gasteiger partial charge >= 0.3 is 5.97 Å². The van der Waals surface area contributed by atoms with Crippen LogP contribution < -0.4 is 10.6 Å². The minimum Gasteiger partial charge on any atom is -0.462 e. The zero-order valence-electron chi connectivity index (χ0n) is 17.0. The van der Waals surface area contributed by atoms with Gasteiger partial charge in [-0.2, -0.15) is 0 Å². The van der Waals surface area contributed by atoms with E-state index in [0.29, 0.717) is 31.2 Å². The number of esters is 1. The van der Waals surface area contributed by atoms with Gasteiger partial charge in [-0.1, -0.05) is 12.1 Å². The number of carbonyl (C=O) groups is 1. The maximum absolute atomic E-state index is 13.5. The number of H-pyrrole nitrogens is 1. The highest BCUT2D eigenvalue weighted by molar-refractivity contribution is 14.0. The summed E-state index contributed by atoms with van der Waals surface area (Å²) in [5.41, 5.74) is 3.54. The Hall–Kier alpha value is -2.62. The average Bonchev–Trinajstić information content (AvgIpc) is 3.13. The first-order valence-electron chi connectivity index (χ1n) is 9.56. The third-order valence-electron chi connectivity index (χ3n) is 4.56. The van der Waals surface area contributed by atoms with Gasteiger partial charge in [-0.15, -0.1) is 24.0 Å². The summed E-state index contributed by atoms with van der Waals surface area (Å²) in [4.78, 5) is 19.1. The van der Waals surface area contributed by atoms with Crippen molar-refractivity contribution in [1.29, 1.82) is 0 Å². The summed E-state index contributed by atoms with van der Waals surface area (Å²) in [6, 6.07) is 12.0. The van der Waals surface area contributed by atoms with Crippen LogP contribution in [-0.2, 0) is 17.7 Å². The normalized spacial score (nSPS) is 11.1. The molecule has 0 amide bonds. The summed E-state index contributed by atoms with van der Waals surface area (Å²) in [6.45, 7) is 3.37. The number of halogens is 2. The number of aromatic nitrogens is 1. The molecule has 3 aromatic rings. The van der Waals surface area contributed by atoms with Crippen LogP contribution in [0.2, 0.25) is 0 Å². The number of hydrogen-bond acceptors (Lipinski definition) is 3. The lowest BCUT2D eigenvalue weighted by Gasteiger charge is -2.12. The zero-order chi connectivity index (χ0) is 20.6. The predicted octanol–water partition coefficient (Wildman–Crippen LogP) is 4.01. The number of ether oxygens (including phenoxy) is 1. The number of aliphatic imine (C=N–C) groups is 1. The Bertz CT molecular complexity index is 1000. The van der Waals surface area contributed by atoms with E-state index in [9.17, 15) is 9.18 Å². The second-order valence-corrected chi connectivity index (χ2v) is 6.52. The van der Waals surface area contributed by atoms with Crippen molar-refractivity contribution in [3.63, 3.8) is 0 Å². The van der Waals surface area contributed by atoms with Crippen LogP contribution in [0, 0.1) is 5.82 Å². The minimum absolute atomic E-state index is 0. The first kappa shape index (κ1) is 23.7. The minimum atomic E-state index is -0.318. The molecule has 0 saturated carbocycles. The molecular weight excluding hydrogens is 498 g/mol. The Morgan fingerprint density at radius 3 is 2.63 bits per heavy atom. The first-order valence-corrected chi connectivity index (χ1v) is 9.56. The van der Waals surface area contributed by atoms with E-state index in [1.165, 1.54) is 6.07 Å². The van der Waals surface area contributed by atoms with Crippen molar-refractivity contribution in [2.45, 2.75) is 19.9 Å². The van der Waals surface area contributed by atoms with E-state index < -0.39 is 0 Å². The summed E-state index contributed by atoms with van der Waals surface area (Å²) in [5, 5.41) is 7.40. The molecule has 0 aliphatic heterocycles. The van der Waals surface area contributed by atoms with Gasteiger partial charge in [0.2, 0.25) is 0 Å². The number of fused-ring (bicyclic) bond motifs is 1. The lowest BCUT2D eigenvalue weighted by atomic mass is 10.1. The molecule has 0 saturated heterocycles. The van der Waals surface area contributed by atoms with Crippen LogP contribution in [-0.4, -0.2) is 37.1 Å². The Balaban J connectivity index is 0.00000320. The Morgan fingerprint density at radius 2 is 1.93 bits per heavy atom. The SMILES string of the molecule is CCOC(=O)c1ccc(CNC(=NC)NCCc2c[nH]c3ccc(F)cc23)cc1.I. The monoisotopic (exact) mass is 524 g/mol. The fourth-order valence-electron chi connectivity index (χ4n) is 3.05. The Labute approximate surface area is 192 Å². The van der Waals surface area contributed by atoms with Crippen molar-refractivity contribution in [2.24, 2.45) is 4.99 Å². The van der Waals surface area contributed by atoms with E-state index in [2.05, 4.69) is 20.6 Å². The number of guanidine groups is 1. The summed E-state index contributed by atoms with van der Waals surface area (Å²) in [7, 11) is 1.71. The number of benzene rings is 2. The van der Waals surface area contributed by atoms with Crippen molar-refractivity contribution in [3.05, 3.63) is 71.2 Å². The summed E-state index contributed by atoms with van der Waals surface area (Å²) >= 11 is 0. The first-order chi connectivity index (χ1) is 14.1. The van der Waals surface area contributed by atoms with Crippen LogP contribution >= 0.6 is 24.0 Å². The van der Waals surface area contributed by atoms with Gasteiger partial charge in [-0.25, -0.2) is 9.18 Å². The van der Waals surface area contributed by atoms with Crippen molar-refractivity contribution >= 4 is 46.8 Å². The van der Waals surface area contributed by atoms with E-state index in [-0.39, 0.29) is 35.8 Å². The average molecular weight is 524 g/mol. The van der Waals surface area contributed by atoms with Gasteiger partial charge in [0.15, 0.2) is 5.96 Å². The van der Waals surface area contributed by atoms with Crippen LogP contribution in [0.5, 0.6) is 0 Å². The molecule has 0 atom stereocenters. The Kier molecular flexibility index (Phi) is 9.10. The lowest BCUT2D eigenvalue weighted by Crippen LogP contribution is -2.37. The van der Waals surface area contributed by atoms with Gasteiger partial charge in [0.1, 0.15) is 5.82 Å². The molecule has 0 radical (unpaired) electrons. The van der Waals surface area contributed by atoms with Gasteiger partial charge < -0.3 is 20.4 Å². The number of hydrogen-bond donors (Lipinski definition) is 3. The van der Waals surface area contributed by atoms with Crippen molar-refractivity contribution in [3.8, 4) is 0 Å². The maximum Gasteiger partial charge on any atom is 0.338 e. The molecule has 0 aliphatic carbocycles. The third-order valence-corrected chi connectivity index (χ3v) is 4.56. The second-order valence-electron chi connectivity index (χ2n) is 6.52. The van der Waals surface area contributed by atoms with Crippen LogP contribution in [0.25, 0.3) is 10.9 Å². The predicted molar refractivity (Wildman–Crippen MR) is 128 cm³/mol. The van der Waals surface area contributed by atoms with E-state index in [0.717, 1.165) is 28.5 Å². The third kappa shape index (κ3) is 6.19. The number of rotatable bonds is 7. The molecule has 0 unspecified atom stereocenters. The van der Waals surface area contributed by atoms with Crippen LogP contribution in [0.3, 0.4) is 0 Å². The van der Waals surface area contributed by atoms with Crippen LogP contribution in [0.1, 0.15) is 28.4 Å². The van der Waals surface area contributed by atoms with Gasteiger partial charge in [0, 0.05) is 37.2 Å². The van der Waals surface area contributed by atoms with Gasteiger partial charge in [0.25, 0.3) is 0 Å². The molecule has 0 spiro atoms. The molecule has 6 nitrogen and oxygen atoms in total. The van der Waals surface area contributed by atoms with Crippen molar-refractivity contribution in [2.75, 3.05) is 20.2 Å². The highest BCUT2D eigenvalue weighted by atomic mass is 127. The molecule has 0 bridgehead atoms. The fourth-order valence-corrected chi connectivity index (χ4v) is 3.05. The van der Waals surface area contributed by atoms with E-state index in [1.54, 1.807) is 38.2 Å². The molecule has 1 aromatic heterocycles. The molecule has 0 aliphatic rings. The zero-order valence-corrected chi connectivity index (χ0v) is 19.3. The summed E-state index contributed by atoms with van der Waals surface area (Å²) in [5.74, 6) is 0.116. The smallest absolute Gasteiger partial charge is 0.338 e. The summed E-state index contributed by atoms with van der Waals surface area (Å²) in [6.07, 6.45) is 2.64. The standard InChI is InChI=1S/C22H25FN4O2.HI/c1-3-29-21(28)16-6-4-15(5-7-16)13-27-22(24-2)25-11-10-17-14-26-20-9-8-18(23)12-19(17)20;/h4-9,12,14,26H,3,10-11,13H2,1-2H3,(H2,24,25,27);1H. The quantitative estimate of drug-likeness (QED) is 0.189. The molecule has 1 heterocycles. The highest BCUT2D eigenvalue weighted by Crippen LogP contribution is 2.19. The Morgan fingerprint density at radius 1 is 1.17 bits per heavy atom. The van der Waals surface area contributed by atoms with Crippen molar-refractivity contribution < 1.29 is 13.9 Å². The van der Waals surface area contributed by atoms with Crippen molar-refractivity contribution in [1.82, 2.24) is 15.6 Å². The topological polar surface area (TPSA) is 78.5 Å². The molecular formula is C22H26FIN4O2. The van der Waals surface area contributed by atoms with E-state index >= 15 is 0 Å². The number of nitrogens with one attached hydrogen (secondary N) is 3. The summed E-state index contributed by atoms with van der Waals surface area (Å²) < 4.78 is 18.5. The van der Waals surface area contributed by atoms with Gasteiger partial charge in [-0.3, -0.25) is 4.99 Å². The largest absolute Gasteiger partial charge is 0.462 e.